The molecule has 0 bridgehead atoms. The molecule has 1 heterocycles. The highest BCUT2D eigenvalue weighted by atomic mass is 32.2. The molecule has 6 nitrogen and oxygen atoms in total. The molecular formula is C17H24N4O2S. The second-order valence-electron chi connectivity index (χ2n) is 5.41. The van der Waals surface area contributed by atoms with Gasteiger partial charge >= 0.3 is 0 Å². The molecule has 0 atom stereocenters. The van der Waals surface area contributed by atoms with E-state index in [1.807, 2.05) is 35.9 Å². The standard InChI is InChI=1S/C17H24N4O2S/c1-4-5-8-11-18-15(22)12-24-17-20-19-16(21(17)2)13-9-6-7-10-14(13)23-3/h6-7,9-10H,4-5,8,11-12H2,1-3H3,(H,18,22). The number of nitrogens with one attached hydrogen (secondary N) is 1. The molecule has 0 saturated heterocycles. The van der Waals surface area contributed by atoms with E-state index >= 15 is 0 Å². The number of carbonyl (C=O) groups is 1. The molecule has 1 aromatic carbocycles. The number of aromatic nitrogens is 3. The van der Waals surface area contributed by atoms with Crippen molar-refractivity contribution in [1.29, 1.82) is 0 Å². The molecule has 7 heteroatoms. The summed E-state index contributed by atoms with van der Waals surface area (Å²) in [6, 6.07) is 7.68. The van der Waals surface area contributed by atoms with Crippen LogP contribution in [0.4, 0.5) is 0 Å². The van der Waals surface area contributed by atoms with E-state index in [-0.39, 0.29) is 5.91 Å². The van der Waals surface area contributed by atoms with Crippen LogP contribution in [0, 0.1) is 0 Å². The lowest BCUT2D eigenvalue weighted by molar-refractivity contribution is -0.118. The van der Waals surface area contributed by atoms with E-state index in [0.717, 1.165) is 42.9 Å². The Labute approximate surface area is 147 Å². The zero-order chi connectivity index (χ0) is 17.4. The zero-order valence-electron chi connectivity index (χ0n) is 14.4. The lowest BCUT2D eigenvalue weighted by atomic mass is 10.2. The van der Waals surface area contributed by atoms with Gasteiger partial charge in [0.05, 0.1) is 18.4 Å². The average molecular weight is 348 g/mol. The average Bonchev–Trinajstić information content (AvgIpc) is 2.97. The summed E-state index contributed by atoms with van der Waals surface area (Å²) in [5.74, 6) is 1.83. The number of para-hydroxylation sites is 1. The minimum atomic E-state index is 0.0259. The Balaban J connectivity index is 1.96. The first-order valence-electron chi connectivity index (χ1n) is 8.09. The Bertz CT molecular complexity index is 672. The third-order valence-electron chi connectivity index (χ3n) is 3.62. The van der Waals surface area contributed by atoms with Crippen LogP contribution < -0.4 is 10.1 Å². The molecule has 2 aromatic rings. The Hall–Kier alpha value is -2.02. The van der Waals surface area contributed by atoms with Crippen molar-refractivity contribution in [3.05, 3.63) is 24.3 Å². The fourth-order valence-corrected chi connectivity index (χ4v) is 3.03. The molecule has 2 rings (SSSR count). The molecule has 1 amide bonds. The fourth-order valence-electron chi connectivity index (χ4n) is 2.29. The highest BCUT2D eigenvalue weighted by Crippen LogP contribution is 2.29. The van der Waals surface area contributed by atoms with Gasteiger partial charge in [-0.1, -0.05) is 43.7 Å². The van der Waals surface area contributed by atoms with Crippen molar-refractivity contribution in [2.24, 2.45) is 7.05 Å². The quantitative estimate of drug-likeness (QED) is 0.557. The van der Waals surface area contributed by atoms with E-state index in [1.165, 1.54) is 11.8 Å². The number of hydrogen-bond acceptors (Lipinski definition) is 5. The third-order valence-corrected chi connectivity index (χ3v) is 4.64. The summed E-state index contributed by atoms with van der Waals surface area (Å²) in [7, 11) is 3.52. The van der Waals surface area contributed by atoms with E-state index in [9.17, 15) is 4.79 Å². The van der Waals surface area contributed by atoms with Crippen LogP contribution in [-0.4, -0.2) is 40.1 Å². The monoisotopic (exact) mass is 348 g/mol. The van der Waals surface area contributed by atoms with E-state index in [1.54, 1.807) is 7.11 Å². The van der Waals surface area contributed by atoms with Crippen molar-refractivity contribution >= 4 is 17.7 Å². The predicted molar refractivity (Wildman–Crippen MR) is 96.2 cm³/mol. The van der Waals surface area contributed by atoms with Crippen molar-refractivity contribution in [2.45, 2.75) is 31.3 Å². The lowest BCUT2D eigenvalue weighted by Gasteiger charge is -2.08. The number of unbranched alkanes of at least 4 members (excludes halogenated alkanes) is 2. The lowest BCUT2D eigenvalue weighted by Crippen LogP contribution is -2.26. The van der Waals surface area contributed by atoms with Gasteiger partial charge in [-0.2, -0.15) is 0 Å². The summed E-state index contributed by atoms with van der Waals surface area (Å²) in [5.41, 5.74) is 0.880. The molecule has 0 aliphatic carbocycles. The molecule has 0 unspecified atom stereocenters. The molecule has 0 fully saturated rings. The van der Waals surface area contributed by atoms with Crippen molar-refractivity contribution in [2.75, 3.05) is 19.4 Å². The van der Waals surface area contributed by atoms with Crippen LogP contribution in [0.5, 0.6) is 5.75 Å². The van der Waals surface area contributed by atoms with Gasteiger partial charge in [-0.3, -0.25) is 4.79 Å². The van der Waals surface area contributed by atoms with Crippen molar-refractivity contribution in [3.63, 3.8) is 0 Å². The van der Waals surface area contributed by atoms with Crippen molar-refractivity contribution < 1.29 is 9.53 Å². The smallest absolute Gasteiger partial charge is 0.230 e. The van der Waals surface area contributed by atoms with Gasteiger partial charge in [0.25, 0.3) is 0 Å². The van der Waals surface area contributed by atoms with E-state index in [4.69, 9.17) is 4.74 Å². The van der Waals surface area contributed by atoms with Crippen molar-refractivity contribution in [1.82, 2.24) is 20.1 Å². The first kappa shape index (κ1) is 18.3. The molecule has 0 aliphatic rings. The Morgan fingerprint density at radius 2 is 2.08 bits per heavy atom. The molecule has 130 valence electrons. The number of carbonyl (C=O) groups excluding carboxylic acids is 1. The molecule has 0 saturated carbocycles. The maximum Gasteiger partial charge on any atom is 0.230 e. The van der Waals surface area contributed by atoms with Crippen LogP contribution in [0.1, 0.15) is 26.2 Å². The van der Waals surface area contributed by atoms with Crippen LogP contribution in [0.25, 0.3) is 11.4 Å². The van der Waals surface area contributed by atoms with Crippen LogP contribution in [0.2, 0.25) is 0 Å². The number of amides is 1. The molecule has 1 N–H and O–H groups in total. The van der Waals surface area contributed by atoms with E-state index < -0.39 is 0 Å². The topological polar surface area (TPSA) is 69.0 Å². The highest BCUT2D eigenvalue weighted by molar-refractivity contribution is 7.99. The number of hydrogen-bond donors (Lipinski definition) is 1. The van der Waals surface area contributed by atoms with Crippen LogP contribution in [0.3, 0.4) is 0 Å². The molecule has 24 heavy (non-hydrogen) atoms. The molecule has 1 aromatic heterocycles. The number of benzene rings is 1. The summed E-state index contributed by atoms with van der Waals surface area (Å²) in [6.07, 6.45) is 3.31. The summed E-state index contributed by atoms with van der Waals surface area (Å²) >= 11 is 1.38. The minimum Gasteiger partial charge on any atom is -0.496 e. The van der Waals surface area contributed by atoms with Crippen LogP contribution in [0.15, 0.2) is 29.4 Å². The van der Waals surface area contributed by atoms with E-state index in [0.29, 0.717) is 10.9 Å². The van der Waals surface area contributed by atoms with Gasteiger partial charge < -0.3 is 14.6 Å². The molecule has 0 aliphatic heterocycles. The van der Waals surface area contributed by atoms with Crippen LogP contribution in [-0.2, 0) is 11.8 Å². The minimum absolute atomic E-state index is 0.0259. The molecular weight excluding hydrogens is 324 g/mol. The van der Waals surface area contributed by atoms with Gasteiger partial charge in [-0.15, -0.1) is 10.2 Å². The van der Waals surface area contributed by atoms with Crippen molar-refractivity contribution in [3.8, 4) is 17.1 Å². The molecule has 0 spiro atoms. The second-order valence-corrected chi connectivity index (χ2v) is 6.35. The zero-order valence-corrected chi connectivity index (χ0v) is 15.2. The first-order chi connectivity index (χ1) is 11.7. The number of rotatable bonds is 9. The Kier molecular flexibility index (Phi) is 7.11. The predicted octanol–water partition coefficient (Wildman–Crippen LogP) is 2.89. The van der Waals surface area contributed by atoms with Crippen LogP contribution >= 0.6 is 11.8 Å². The maximum atomic E-state index is 11.9. The second kappa shape index (κ2) is 9.32. The summed E-state index contributed by atoms with van der Waals surface area (Å²) in [6.45, 7) is 2.88. The van der Waals surface area contributed by atoms with Gasteiger partial charge in [0, 0.05) is 13.6 Å². The SMILES string of the molecule is CCCCCNC(=O)CSc1nnc(-c2ccccc2OC)n1C. The summed E-state index contributed by atoms with van der Waals surface area (Å²) < 4.78 is 7.26. The summed E-state index contributed by atoms with van der Waals surface area (Å²) in [4.78, 5) is 11.9. The Morgan fingerprint density at radius 3 is 2.83 bits per heavy atom. The number of thioether (sulfide) groups is 1. The van der Waals surface area contributed by atoms with Gasteiger partial charge in [0.1, 0.15) is 5.75 Å². The number of ether oxygens (including phenoxy) is 1. The third kappa shape index (κ3) is 4.74. The first-order valence-corrected chi connectivity index (χ1v) is 9.08. The number of methoxy groups -OCH3 is 1. The highest BCUT2D eigenvalue weighted by Gasteiger charge is 2.15. The maximum absolute atomic E-state index is 11.9. The van der Waals surface area contributed by atoms with Gasteiger partial charge in [0.2, 0.25) is 5.91 Å². The number of nitrogens with zero attached hydrogens (tertiary/aromatic N) is 3. The van der Waals surface area contributed by atoms with Gasteiger partial charge in [0.15, 0.2) is 11.0 Å². The largest absolute Gasteiger partial charge is 0.496 e. The fraction of sp³-hybridized carbons (Fsp3) is 0.471. The van der Waals surface area contributed by atoms with Gasteiger partial charge in [-0.25, -0.2) is 0 Å². The summed E-state index contributed by atoms with van der Waals surface area (Å²) in [5, 5.41) is 12.1. The van der Waals surface area contributed by atoms with E-state index in [2.05, 4.69) is 22.4 Å². The normalized spacial score (nSPS) is 10.6. The Morgan fingerprint density at radius 1 is 1.29 bits per heavy atom. The molecule has 0 radical (unpaired) electrons. The van der Waals surface area contributed by atoms with Gasteiger partial charge in [-0.05, 0) is 18.6 Å².